The second kappa shape index (κ2) is 9.01. The van der Waals surface area contributed by atoms with E-state index < -0.39 is 0 Å². The van der Waals surface area contributed by atoms with Gasteiger partial charge in [0.25, 0.3) is 5.91 Å². The molecule has 1 aromatic heterocycles. The van der Waals surface area contributed by atoms with Crippen LogP contribution < -0.4 is 15.1 Å². The van der Waals surface area contributed by atoms with E-state index in [0.29, 0.717) is 37.6 Å². The fraction of sp³-hybridized carbons (Fsp3) is 0.240. The molecule has 2 aromatic carbocycles. The molecular weight excluding hydrogens is 420 g/mol. The van der Waals surface area contributed by atoms with Crippen LogP contribution in [-0.4, -0.2) is 54.7 Å². The van der Waals surface area contributed by atoms with Crippen LogP contribution in [0.4, 0.5) is 17.1 Å². The monoisotopic (exact) mass is 444 g/mol. The van der Waals surface area contributed by atoms with Crippen LogP contribution in [0, 0.1) is 0 Å². The summed E-state index contributed by atoms with van der Waals surface area (Å²) in [4.78, 5) is 33.5. The van der Waals surface area contributed by atoms with Crippen molar-refractivity contribution < 1.29 is 19.4 Å². The van der Waals surface area contributed by atoms with E-state index >= 15 is 0 Å². The van der Waals surface area contributed by atoms with Gasteiger partial charge >= 0.3 is 0 Å². The molecule has 0 spiro atoms. The predicted molar refractivity (Wildman–Crippen MR) is 126 cm³/mol. The van der Waals surface area contributed by atoms with Crippen LogP contribution in [0.15, 0.2) is 66.5 Å². The predicted octanol–water partition coefficient (Wildman–Crippen LogP) is 2.94. The first-order valence-corrected chi connectivity index (χ1v) is 10.9. The number of ether oxygens (including phenoxy) is 1. The van der Waals surface area contributed by atoms with Crippen LogP contribution in [0.5, 0.6) is 0 Å². The first-order valence-electron chi connectivity index (χ1n) is 10.9. The van der Waals surface area contributed by atoms with Crippen molar-refractivity contribution in [2.45, 2.75) is 6.42 Å². The van der Waals surface area contributed by atoms with E-state index in [1.54, 1.807) is 11.0 Å². The molecule has 168 valence electrons. The third-order valence-corrected chi connectivity index (χ3v) is 5.78. The van der Waals surface area contributed by atoms with Crippen molar-refractivity contribution in [2.24, 2.45) is 0 Å². The van der Waals surface area contributed by atoms with Gasteiger partial charge in [-0.2, -0.15) is 0 Å². The van der Waals surface area contributed by atoms with Crippen molar-refractivity contribution in [2.75, 3.05) is 48.0 Å². The van der Waals surface area contributed by atoms with Gasteiger partial charge in [0.2, 0.25) is 5.78 Å². The van der Waals surface area contributed by atoms with Crippen molar-refractivity contribution in [1.29, 1.82) is 0 Å². The number of carbonyl (C=O) groups is 2. The largest absolute Gasteiger partial charge is 0.396 e. The van der Waals surface area contributed by atoms with Gasteiger partial charge in [-0.3, -0.25) is 9.59 Å². The van der Waals surface area contributed by atoms with Crippen molar-refractivity contribution >= 4 is 39.7 Å². The molecule has 3 heterocycles. The summed E-state index contributed by atoms with van der Waals surface area (Å²) in [5.74, 6) is 0.321. The van der Waals surface area contributed by atoms with Crippen molar-refractivity contribution in [3.63, 3.8) is 0 Å². The number of aromatic nitrogens is 1. The molecule has 2 aliphatic rings. The van der Waals surface area contributed by atoms with Crippen LogP contribution in [0.2, 0.25) is 0 Å². The molecule has 8 heteroatoms. The number of nitrogens with one attached hydrogen (secondary N) is 1. The second-order valence-electron chi connectivity index (χ2n) is 7.94. The molecular formula is C25H24N4O4. The van der Waals surface area contributed by atoms with Crippen molar-refractivity contribution in [3.05, 3.63) is 72.2 Å². The molecule has 33 heavy (non-hydrogen) atoms. The number of amides is 1. The highest BCUT2D eigenvalue weighted by Gasteiger charge is 2.27. The maximum absolute atomic E-state index is 13.1. The lowest BCUT2D eigenvalue weighted by Gasteiger charge is -2.27. The molecule has 2 aliphatic heterocycles. The smallest absolute Gasteiger partial charge is 0.253 e. The number of carbonyl (C=O) groups excluding carboxylic acids is 2. The van der Waals surface area contributed by atoms with Gasteiger partial charge in [-0.1, -0.05) is 24.3 Å². The maximum atomic E-state index is 13.1. The Labute approximate surface area is 191 Å². The summed E-state index contributed by atoms with van der Waals surface area (Å²) in [6, 6.07) is 17.0. The minimum Gasteiger partial charge on any atom is -0.396 e. The third-order valence-electron chi connectivity index (χ3n) is 5.78. The molecule has 0 unspecified atom stereocenters. The molecule has 1 saturated heterocycles. The van der Waals surface area contributed by atoms with Crippen LogP contribution in [0.25, 0.3) is 10.9 Å². The maximum Gasteiger partial charge on any atom is 0.253 e. The Kier molecular flexibility index (Phi) is 5.77. The topological polar surface area (TPSA) is 95.0 Å². The summed E-state index contributed by atoms with van der Waals surface area (Å²) in [5.41, 5.74) is 3.59. The third kappa shape index (κ3) is 4.18. The van der Waals surface area contributed by atoms with E-state index in [1.807, 2.05) is 53.4 Å². The number of fused-ring (bicyclic) bond motifs is 2. The standard InChI is InChI=1S/C25H24N4O4/c30-12-3-10-29-22-9-7-18(28-11-13-33-16-25(28)32)14-21(22)27-24(29)15-23(31)20-8-6-17-4-1-2-5-19(17)26-20/h1-2,4-9,14-15,27,30H,3,10-13,16H2. The molecule has 2 N–H and O–H groups in total. The summed E-state index contributed by atoms with van der Waals surface area (Å²) in [6.07, 6.45) is 2.08. The zero-order valence-electron chi connectivity index (χ0n) is 18.0. The van der Waals surface area contributed by atoms with Crippen molar-refractivity contribution in [1.82, 2.24) is 4.98 Å². The number of para-hydroxylation sites is 1. The zero-order valence-corrected chi connectivity index (χ0v) is 18.0. The summed E-state index contributed by atoms with van der Waals surface area (Å²) in [7, 11) is 0. The number of nitrogens with zero attached hydrogens (tertiary/aromatic N) is 3. The molecule has 3 aromatic rings. The summed E-state index contributed by atoms with van der Waals surface area (Å²) >= 11 is 0. The fourth-order valence-electron chi connectivity index (χ4n) is 4.14. The molecule has 0 radical (unpaired) electrons. The zero-order chi connectivity index (χ0) is 22.8. The Morgan fingerprint density at radius 2 is 2.06 bits per heavy atom. The van der Waals surface area contributed by atoms with Gasteiger partial charge in [0, 0.05) is 36.8 Å². The number of hydrogen-bond acceptors (Lipinski definition) is 7. The average Bonchev–Trinajstić information content (AvgIpc) is 3.18. The SMILES string of the molecule is O=C(C=C1Nc2cc(N3CCOCC3=O)ccc2N1CCCO)c1ccc2ccccc2n1. The van der Waals surface area contributed by atoms with E-state index in [0.717, 1.165) is 28.0 Å². The number of aliphatic hydroxyl groups excluding tert-OH is 1. The average molecular weight is 444 g/mol. The lowest BCUT2D eigenvalue weighted by Crippen LogP contribution is -2.41. The summed E-state index contributed by atoms with van der Waals surface area (Å²) in [5, 5.41) is 13.7. The number of ketones is 1. The van der Waals surface area contributed by atoms with Crippen LogP contribution >= 0.6 is 0 Å². The Balaban J connectivity index is 1.45. The number of aliphatic hydroxyl groups is 1. The molecule has 8 nitrogen and oxygen atoms in total. The Bertz CT molecular complexity index is 1260. The number of allylic oxidation sites excluding steroid dienone is 1. The first-order chi connectivity index (χ1) is 16.1. The normalized spacial score (nSPS) is 16.9. The highest BCUT2D eigenvalue weighted by molar-refractivity contribution is 6.06. The molecule has 1 fully saturated rings. The highest BCUT2D eigenvalue weighted by Crippen LogP contribution is 2.39. The highest BCUT2D eigenvalue weighted by atomic mass is 16.5. The molecule has 0 aliphatic carbocycles. The minimum absolute atomic E-state index is 0.0413. The van der Waals surface area contributed by atoms with Gasteiger partial charge in [0.1, 0.15) is 18.1 Å². The number of morpholine rings is 1. The molecule has 5 rings (SSSR count). The first kappa shape index (κ1) is 21.1. The van der Waals surface area contributed by atoms with E-state index in [1.165, 1.54) is 6.08 Å². The van der Waals surface area contributed by atoms with Gasteiger partial charge in [0.15, 0.2) is 0 Å². The van der Waals surface area contributed by atoms with E-state index in [-0.39, 0.29) is 24.9 Å². The van der Waals surface area contributed by atoms with Crippen LogP contribution in [0.3, 0.4) is 0 Å². The number of pyridine rings is 1. The van der Waals surface area contributed by atoms with Gasteiger partial charge in [-0.05, 0) is 36.8 Å². The Morgan fingerprint density at radius 3 is 2.91 bits per heavy atom. The number of rotatable bonds is 6. The van der Waals surface area contributed by atoms with Gasteiger partial charge in [-0.25, -0.2) is 4.98 Å². The van der Waals surface area contributed by atoms with E-state index in [4.69, 9.17) is 4.74 Å². The van der Waals surface area contributed by atoms with E-state index in [2.05, 4.69) is 10.3 Å². The number of benzene rings is 2. The van der Waals surface area contributed by atoms with Gasteiger partial charge in [-0.15, -0.1) is 0 Å². The Morgan fingerprint density at radius 1 is 1.18 bits per heavy atom. The molecule has 0 atom stereocenters. The Hall–Kier alpha value is -3.75. The van der Waals surface area contributed by atoms with E-state index in [9.17, 15) is 14.7 Å². The van der Waals surface area contributed by atoms with Crippen molar-refractivity contribution in [3.8, 4) is 0 Å². The number of hydrogen-bond donors (Lipinski definition) is 2. The molecule has 0 saturated carbocycles. The number of anilines is 3. The minimum atomic E-state index is -0.214. The second-order valence-corrected chi connectivity index (χ2v) is 7.94. The summed E-state index contributed by atoms with van der Waals surface area (Å²) < 4.78 is 5.23. The lowest BCUT2D eigenvalue weighted by molar-refractivity contribution is -0.125. The van der Waals surface area contributed by atoms with Gasteiger partial charge < -0.3 is 25.0 Å². The fourth-order valence-corrected chi connectivity index (χ4v) is 4.14. The quantitative estimate of drug-likeness (QED) is 0.446. The molecule has 0 bridgehead atoms. The molecule has 1 amide bonds. The van der Waals surface area contributed by atoms with Crippen LogP contribution in [0.1, 0.15) is 16.9 Å². The lowest BCUT2D eigenvalue weighted by atomic mass is 10.1. The van der Waals surface area contributed by atoms with Gasteiger partial charge in [0.05, 0.1) is 23.5 Å². The van der Waals surface area contributed by atoms with Crippen LogP contribution in [-0.2, 0) is 9.53 Å². The summed E-state index contributed by atoms with van der Waals surface area (Å²) in [6.45, 7) is 1.65.